The average Bonchev–Trinajstić information content (AvgIpc) is 3.08. The van der Waals surface area contributed by atoms with E-state index in [1.807, 2.05) is 48.1 Å². The second-order valence-electron chi connectivity index (χ2n) is 5.74. The molecule has 2 aromatic rings. The lowest BCUT2D eigenvalue weighted by molar-refractivity contribution is -0.568. The van der Waals surface area contributed by atoms with E-state index in [1.165, 1.54) is 18.5 Å². The van der Waals surface area contributed by atoms with E-state index in [4.69, 9.17) is 0 Å². The van der Waals surface area contributed by atoms with Crippen molar-refractivity contribution in [3.8, 4) is 0 Å². The van der Waals surface area contributed by atoms with Gasteiger partial charge in [0, 0.05) is 36.5 Å². The van der Waals surface area contributed by atoms with Crippen LogP contribution in [0.25, 0.3) is 6.20 Å². The average molecular weight is 329 g/mol. The van der Waals surface area contributed by atoms with Crippen molar-refractivity contribution in [1.29, 1.82) is 0 Å². The summed E-state index contributed by atoms with van der Waals surface area (Å²) in [5.41, 5.74) is 3.13. The van der Waals surface area contributed by atoms with Gasteiger partial charge in [0.05, 0.1) is 6.08 Å². The van der Waals surface area contributed by atoms with Crippen LogP contribution in [-0.2, 0) is 0 Å². The minimum atomic E-state index is 0. The minimum Gasteiger partial charge on any atom is -1.00 e. The first kappa shape index (κ1) is 17.2. The molecule has 1 aromatic carbocycles. The summed E-state index contributed by atoms with van der Waals surface area (Å²) in [6.45, 7) is 4.30. The van der Waals surface area contributed by atoms with Crippen LogP contribution in [0.5, 0.6) is 0 Å². The van der Waals surface area contributed by atoms with Gasteiger partial charge in [-0.1, -0.05) is 29.8 Å². The third-order valence-electron chi connectivity index (χ3n) is 4.04. The number of ketones is 1. The maximum absolute atomic E-state index is 12.1. The van der Waals surface area contributed by atoms with Crippen molar-refractivity contribution in [3.63, 3.8) is 0 Å². The lowest BCUT2D eigenvalue weighted by Crippen LogP contribution is -3.00. The summed E-state index contributed by atoms with van der Waals surface area (Å²) in [5.74, 6) is 0.0242. The number of rotatable bonds is 4. The molecule has 0 atom stereocenters. The normalized spacial score (nSPS) is 14.0. The Morgan fingerprint density at radius 3 is 2.26 bits per heavy atom. The Bertz CT molecular complexity index is 672. The van der Waals surface area contributed by atoms with Crippen molar-refractivity contribution in [2.45, 2.75) is 19.8 Å². The van der Waals surface area contributed by atoms with Gasteiger partial charge < -0.3 is 17.3 Å². The molecule has 0 spiro atoms. The third-order valence-corrected chi connectivity index (χ3v) is 4.04. The summed E-state index contributed by atoms with van der Waals surface area (Å²) >= 11 is 0. The summed E-state index contributed by atoms with van der Waals surface area (Å²) in [4.78, 5) is 14.5. The number of nitrogens with zero attached hydrogens (tertiary/aromatic N) is 2. The zero-order valence-corrected chi connectivity index (χ0v) is 14.0. The number of hydrogen-bond acceptors (Lipinski definition) is 2. The van der Waals surface area contributed by atoms with E-state index in [1.54, 1.807) is 12.3 Å². The van der Waals surface area contributed by atoms with Crippen molar-refractivity contribution in [2.24, 2.45) is 0 Å². The Hall–Kier alpha value is -2.13. The topological polar surface area (TPSA) is 24.2 Å². The smallest absolute Gasteiger partial charge is 0.191 e. The molecule has 23 heavy (non-hydrogen) atoms. The molecule has 3 rings (SSSR count). The van der Waals surface area contributed by atoms with Crippen LogP contribution in [-0.4, -0.2) is 18.9 Å². The van der Waals surface area contributed by atoms with E-state index >= 15 is 0 Å². The van der Waals surface area contributed by atoms with Crippen molar-refractivity contribution in [1.82, 2.24) is 0 Å². The molecule has 1 aliphatic heterocycles. The standard InChI is InChI=1S/C19H21N2O.ClH/c1-16-4-6-17(7-5-16)19(22)10-15-20-13-8-18(9-14-20)21-11-2-3-12-21;/h4-10,13-15H,2-3,11-12H2,1H3;1H/q+1;/p-1/b15-10+;. The molecule has 0 bridgehead atoms. The highest BCUT2D eigenvalue weighted by atomic mass is 35.5. The molecule has 0 amide bonds. The predicted octanol–water partition coefficient (Wildman–Crippen LogP) is 0.240. The number of aryl methyl sites for hydroxylation is 1. The Morgan fingerprint density at radius 2 is 1.65 bits per heavy atom. The highest BCUT2D eigenvalue weighted by molar-refractivity contribution is 6.05. The highest BCUT2D eigenvalue weighted by Crippen LogP contribution is 2.17. The highest BCUT2D eigenvalue weighted by Gasteiger charge is 2.13. The lowest BCUT2D eigenvalue weighted by atomic mass is 10.1. The molecule has 0 aliphatic carbocycles. The van der Waals surface area contributed by atoms with Gasteiger partial charge in [0.1, 0.15) is 0 Å². The number of carbonyl (C=O) groups excluding carboxylic acids is 1. The summed E-state index contributed by atoms with van der Waals surface area (Å²) in [7, 11) is 0. The molecule has 0 unspecified atom stereocenters. The van der Waals surface area contributed by atoms with Gasteiger partial charge in [-0.05, 0) is 19.8 Å². The second-order valence-corrected chi connectivity index (χ2v) is 5.74. The summed E-state index contributed by atoms with van der Waals surface area (Å²) in [5, 5.41) is 0. The number of pyridine rings is 1. The van der Waals surface area contributed by atoms with Crippen LogP contribution in [0.15, 0.2) is 54.9 Å². The Balaban J connectivity index is 0.00000192. The van der Waals surface area contributed by atoms with E-state index in [-0.39, 0.29) is 18.2 Å². The lowest BCUT2D eigenvalue weighted by Gasteiger charge is -2.15. The zero-order chi connectivity index (χ0) is 15.4. The van der Waals surface area contributed by atoms with Gasteiger partial charge in [-0.15, -0.1) is 0 Å². The van der Waals surface area contributed by atoms with Gasteiger partial charge in [-0.3, -0.25) is 4.79 Å². The SMILES string of the molecule is Cc1ccc(C(=O)/C=C/[n+]2ccc(N3CCCC3)cc2)cc1.[Cl-]. The third kappa shape index (κ3) is 4.42. The minimum absolute atomic E-state index is 0. The molecule has 1 aromatic heterocycles. The van der Waals surface area contributed by atoms with Crippen LogP contribution in [0.3, 0.4) is 0 Å². The summed E-state index contributed by atoms with van der Waals surface area (Å²) in [6.07, 6.45) is 9.95. The Labute approximate surface area is 143 Å². The number of aromatic nitrogens is 1. The molecule has 0 radical (unpaired) electrons. The van der Waals surface area contributed by atoms with Gasteiger partial charge in [-0.25, -0.2) is 0 Å². The van der Waals surface area contributed by atoms with Crippen LogP contribution in [0, 0.1) is 6.92 Å². The number of benzene rings is 1. The van der Waals surface area contributed by atoms with Crippen LogP contribution in [0.4, 0.5) is 5.69 Å². The molecule has 4 heteroatoms. The van der Waals surface area contributed by atoms with Gasteiger partial charge in [-0.2, -0.15) is 4.57 Å². The van der Waals surface area contributed by atoms with E-state index in [9.17, 15) is 4.79 Å². The van der Waals surface area contributed by atoms with Crippen molar-refractivity contribution >= 4 is 17.7 Å². The van der Waals surface area contributed by atoms with Gasteiger partial charge in [0.15, 0.2) is 24.4 Å². The summed E-state index contributed by atoms with van der Waals surface area (Å²) in [6, 6.07) is 11.8. The predicted molar refractivity (Wildman–Crippen MR) is 88.9 cm³/mol. The quantitative estimate of drug-likeness (QED) is 0.456. The molecule has 0 saturated carbocycles. The maximum atomic E-state index is 12.1. The van der Waals surface area contributed by atoms with Crippen LogP contribution < -0.4 is 21.9 Å². The van der Waals surface area contributed by atoms with E-state index in [0.717, 1.165) is 24.2 Å². The molecule has 1 fully saturated rings. The first-order chi connectivity index (χ1) is 10.7. The van der Waals surface area contributed by atoms with Crippen LogP contribution in [0.2, 0.25) is 0 Å². The van der Waals surface area contributed by atoms with Crippen molar-refractivity contribution < 1.29 is 21.8 Å². The number of anilines is 1. The van der Waals surface area contributed by atoms with Gasteiger partial charge >= 0.3 is 0 Å². The fraction of sp³-hybridized carbons (Fsp3) is 0.263. The van der Waals surface area contributed by atoms with E-state index in [0.29, 0.717) is 0 Å². The van der Waals surface area contributed by atoms with Gasteiger partial charge in [0.2, 0.25) is 0 Å². The van der Waals surface area contributed by atoms with Crippen molar-refractivity contribution in [2.75, 3.05) is 18.0 Å². The number of carbonyl (C=O) groups is 1. The molecule has 1 aliphatic rings. The second kappa shape index (κ2) is 7.93. The molecular weight excluding hydrogens is 308 g/mol. The monoisotopic (exact) mass is 328 g/mol. The van der Waals surface area contributed by atoms with E-state index in [2.05, 4.69) is 17.0 Å². The molecule has 3 nitrogen and oxygen atoms in total. The van der Waals surface area contributed by atoms with E-state index < -0.39 is 0 Å². The van der Waals surface area contributed by atoms with Crippen LogP contribution in [0.1, 0.15) is 28.8 Å². The van der Waals surface area contributed by atoms with Crippen molar-refractivity contribution in [3.05, 3.63) is 66.0 Å². The van der Waals surface area contributed by atoms with Gasteiger partial charge in [0.25, 0.3) is 0 Å². The molecule has 2 heterocycles. The molecule has 0 N–H and O–H groups in total. The fourth-order valence-corrected chi connectivity index (χ4v) is 2.68. The van der Waals surface area contributed by atoms with Crippen LogP contribution >= 0.6 is 0 Å². The zero-order valence-electron chi connectivity index (χ0n) is 13.3. The fourth-order valence-electron chi connectivity index (χ4n) is 2.68. The first-order valence-electron chi connectivity index (χ1n) is 7.77. The Morgan fingerprint density at radius 1 is 1.04 bits per heavy atom. The molecular formula is C19H21ClN2O. The number of hydrogen-bond donors (Lipinski definition) is 0. The summed E-state index contributed by atoms with van der Waals surface area (Å²) < 4.78 is 1.91. The number of halogens is 1. The molecule has 1 saturated heterocycles. The number of allylic oxidation sites excluding steroid dienone is 1. The molecule has 120 valence electrons. The maximum Gasteiger partial charge on any atom is 0.191 e. The largest absolute Gasteiger partial charge is 1.00 e. The Kier molecular flexibility index (Phi) is 5.94. The first-order valence-corrected chi connectivity index (χ1v) is 7.77.